The van der Waals surface area contributed by atoms with Gasteiger partial charge >= 0.3 is 0 Å². The van der Waals surface area contributed by atoms with E-state index in [1.807, 2.05) is 6.07 Å². The van der Waals surface area contributed by atoms with Crippen molar-refractivity contribution in [1.29, 1.82) is 0 Å². The third-order valence-corrected chi connectivity index (χ3v) is 4.08. The van der Waals surface area contributed by atoms with E-state index in [1.165, 1.54) is 25.3 Å². The van der Waals surface area contributed by atoms with Crippen LogP contribution in [-0.2, 0) is 0 Å². The van der Waals surface area contributed by atoms with Gasteiger partial charge in [-0.1, -0.05) is 25.0 Å². The summed E-state index contributed by atoms with van der Waals surface area (Å²) in [6.45, 7) is 4.26. The lowest BCUT2D eigenvalue weighted by Gasteiger charge is -2.35. The summed E-state index contributed by atoms with van der Waals surface area (Å²) >= 11 is 0. The third-order valence-electron chi connectivity index (χ3n) is 4.08. The first kappa shape index (κ1) is 12.1. The second-order valence-corrected chi connectivity index (χ2v) is 5.54. The number of rotatable bonds is 4. The summed E-state index contributed by atoms with van der Waals surface area (Å²) in [6.07, 6.45) is 3.92. The Kier molecular flexibility index (Phi) is 3.62. The van der Waals surface area contributed by atoms with Gasteiger partial charge in [-0.3, -0.25) is 4.90 Å². The lowest BCUT2D eigenvalue weighted by Crippen LogP contribution is -2.45. The van der Waals surface area contributed by atoms with Crippen molar-refractivity contribution in [3.8, 4) is 0 Å². The fourth-order valence-corrected chi connectivity index (χ4v) is 2.87. The van der Waals surface area contributed by atoms with Crippen LogP contribution in [0, 0.1) is 11.7 Å². The molecule has 98 valence electrons. The van der Waals surface area contributed by atoms with E-state index in [9.17, 15) is 4.39 Å². The summed E-state index contributed by atoms with van der Waals surface area (Å²) in [7, 11) is 0. The molecule has 1 aromatic rings. The van der Waals surface area contributed by atoms with Crippen molar-refractivity contribution in [1.82, 2.24) is 10.2 Å². The number of halogens is 1. The highest BCUT2D eigenvalue weighted by Gasteiger charge is 2.30. The summed E-state index contributed by atoms with van der Waals surface area (Å²) in [6, 6.07) is 7.59. The molecule has 0 unspecified atom stereocenters. The van der Waals surface area contributed by atoms with Crippen molar-refractivity contribution >= 4 is 0 Å². The zero-order chi connectivity index (χ0) is 12.4. The van der Waals surface area contributed by atoms with Crippen LogP contribution < -0.4 is 5.32 Å². The summed E-state index contributed by atoms with van der Waals surface area (Å²) < 4.78 is 13.4. The summed E-state index contributed by atoms with van der Waals surface area (Å²) in [5.41, 5.74) is 1.16. The number of hydrogen-bond acceptors (Lipinski definition) is 2. The molecule has 2 fully saturated rings. The van der Waals surface area contributed by atoms with Crippen molar-refractivity contribution in [2.75, 3.05) is 26.2 Å². The minimum Gasteiger partial charge on any atom is -0.314 e. The van der Waals surface area contributed by atoms with Gasteiger partial charge in [-0.05, 0) is 30.0 Å². The van der Waals surface area contributed by atoms with E-state index in [2.05, 4.69) is 16.3 Å². The first-order valence-electron chi connectivity index (χ1n) is 7.03. The van der Waals surface area contributed by atoms with Crippen LogP contribution in [0.1, 0.15) is 30.9 Å². The van der Waals surface area contributed by atoms with E-state index in [0.29, 0.717) is 6.04 Å². The molecule has 1 aromatic carbocycles. The lowest BCUT2D eigenvalue weighted by atomic mass is 9.98. The molecular formula is C15H21FN2. The van der Waals surface area contributed by atoms with Crippen LogP contribution >= 0.6 is 0 Å². The summed E-state index contributed by atoms with van der Waals surface area (Å²) in [5, 5.41) is 3.39. The monoisotopic (exact) mass is 248 g/mol. The number of benzene rings is 1. The Hall–Kier alpha value is -0.930. The highest BCUT2D eigenvalue weighted by Crippen LogP contribution is 2.40. The lowest BCUT2D eigenvalue weighted by molar-refractivity contribution is 0.160. The van der Waals surface area contributed by atoms with Crippen LogP contribution in [0.3, 0.4) is 0 Å². The predicted molar refractivity (Wildman–Crippen MR) is 70.9 cm³/mol. The molecule has 1 heterocycles. The minimum absolute atomic E-state index is 0.108. The van der Waals surface area contributed by atoms with Crippen molar-refractivity contribution in [3.63, 3.8) is 0 Å². The smallest absolute Gasteiger partial charge is 0.123 e. The molecular weight excluding hydrogens is 227 g/mol. The van der Waals surface area contributed by atoms with Gasteiger partial charge in [0, 0.05) is 32.2 Å². The van der Waals surface area contributed by atoms with E-state index >= 15 is 0 Å². The van der Waals surface area contributed by atoms with Crippen LogP contribution in [0.4, 0.5) is 4.39 Å². The maximum absolute atomic E-state index is 13.4. The molecule has 1 aliphatic heterocycles. The SMILES string of the molecule is Fc1cccc([C@H](CC2CC2)N2CCNCC2)c1. The van der Waals surface area contributed by atoms with Crippen LogP contribution in [0.5, 0.6) is 0 Å². The topological polar surface area (TPSA) is 15.3 Å². The van der Waals surface area contributed by atoms with Crippen molar-refractivity contribution in [2.24, 2.45) is 5.92 Å². The van der Waals surface area contributed by atoms with Gasteiger partial charge < -0.3 is 5.32 Å². The van der Waals surface area contributed by atoms with E-state index in [-0.39, 0.29) is 5.82 Å². The van der Waals surface area contributed by atoms with Gasteiger partial charge in [0.2, 0.25) is 0 Å². The first-order chi connectivity index (χ1) is 8.83. The fraction of sp³-hybridized carbons (Fsp3) is 0.600. The van der Waals surface area contributed by atoms with Crippen molar-refractivity contribution in [2.45, 2.75) is 25.3 Å². The van der Waals surface area contributed by atoms with Gasteiger partial charge in [0.15, 0.2) is 0 Å². The first-order valence-corrected chi connectivity index (χ1v) is 7.03. The standard InChI is InChI=1S/C15H21FN2/c16-14-3-1-2-13(11-14)15(10-12-4-5-12)18-8-6-17-7-9-18/h1-3,11-12,15,17H,4-10H2/t15-/m0/s1. The Morgan fingerprint density at radius 1 is 1.28 bits per heavy atom. The Bertz CT molecular complexity index is 397. The molecule has 1 saturated carbocycles. The van der Waals surface area contributed by atoms with Crippen LogP contribution in [0.25, 0.3) is 0 Å². The largest absolute Gasteiger partial charge is 0.314 e. The Labute approximate surface area is 108 Å². The molecule has 1 aliphatic carbocycles. The summed E-state index contributed by atoms with van der Waals surface area (Å²) in [5.74, 6) is 0.761. The van der Waals surface area contributed by atoms with Gasteiger partial charge in [-0.25, -0.2) is 4.39 Å². The second-order valence-electron chi connectivity index (χ2n) is 5.54. The molecule has 0 radical (unpaired) electrons. The average molecular weight is 248 g/mol. The molecule has 2 aliphatic rings. The molecule has 0 spiro atoms. The maximum Gasteiger partial charge on any atom is 0.123 e. The molecule has 2 nitrogen and oxygen atoms in total. The molecule has 3 heteroatoms. The van der Waals surface area contributed by atoms with E-state index in [4.69, 9.17) is 0 Å². The molecule has 1 atom stereocenters. The normalized spacial score (nSPS) is 22.9. The number of hydrogen-bond donors (Lipinski definition) is 1. The van der Waals surface area contributed by atoms with Gasteiger partial charge in [-0.15, -0.1) is 0 Å². The minimum atomic E-state index is -0.108. The van der Waals surface area contributed by atoms with Gasteiger partial charge in [0.1, 0.15) is 5.82 Å². The quantitative estimate of drug-likeness (QED) is 0.881. The number of nitrogens with one attached hydrogen (secondary N) is 1. The predicted octanol–water partition coefficient (Wildman–Crippen LogP) is 2.57. The Balaban J connectivity index is 1.78. The number of nitrogens with zero attached hydrogens (tertiary/aromatic N) is 1. The van der Waals surface area contributed by atoms with Crippen molar-refractivity contribution < 1.29 is 4.39 Å². The molecule has 1 N–H and O–H groups in total. The molecule has 0 bridgehead atoms. The van der Waals surface area contributed by atoms with Crippen LogP contribution in [0.15, 0.2) is 24.3 Å². The van der Waals surface area contributed by atoms with Crippen LogP contribution in [0.2, 0.25) is 0 Å². The molecule has 18 heavy (non-hydrogen) atoms. The number of piperazine rings is 1. The van der Waals surface area contributed by atoms with Gasteiger partial charge in [-0.2, -0.15) is 0 Å². The Morgan fingerprint density at radius 3 is 2.72 bits per heavy atom. The van der Waals surface area contributed by atoms with Crippen molar-refractivity contribution in [3.05, 3.63) is 35.6 Å². The molecule has 0 amide bonds. The van der Waals surface area contributed by atoms with E-state index < -0.39 is 0 Å². The van der Waals surface area contributed by atoms with Crippen LogP contribution in [-0.4, -0.2) is 31.1 Å². The van der Waals surface area contributed by atoms with E-state index in [0.717, 1.165) is 37.7 Å². The van der Waals surface area contributed by atoms with Gasteiger partial charge in [0.25, 0.3) is 0 Å². The van der Waals surface area contributed by atoms with Gasteiger partial charge in [0.05, 0.1) is 0 Å². The molecule has 1 saturated heterocycles. The zero-order valence-corrected chi connectivity index (χ0v) is 10.7. The fourth-order valence-electron chi connectivity index (χ4n) is 2.87. The highest BCUT2D eigenvalue weighted by molar-refractivity contribution is 5.21. The Morgan fingerprint density at radius 2 is 2.06 bits per heavy atom. The van der Waals surface area contributed by atoms with E-state index in [1.54, 1.807) is 6.07 Å². The second kappa shape index (κ2) is 5.37. The zero-order valence-electron chi connectivity index (χ0n) is 10.7. The summed E-state index contributed by atoms with van der Waals surface area (Å²) in [4.78, 5) is 2.52. The molecule has 3 rings (SSSR count). The highest BCUT2D eigenvalue weighted by atomic mass is 19.1. The molecule has 0 aromatic heterocycles. The average Bonchev–Trinajstić information content (AvgIpc) is 3.21. The maximum atomic E-state index is 13.4. The third kappa shape index (κ3) is 2.90.